The molecule has 0 spiro atoms. The molecule has 5 nitrogen and oxygen atoms in total. The summed E-state index contributed by atoms with van der Waals surface area (Å²) in [5.41, 5.74) is 4.64. The highest BCUT2D eigenvalue weighted by molar-refractivity contribution is 6.46. The fraction of sp³-hybridized carbons (Fsp3) is 0.429. The quantitative estimate of drug-likeness (QED) is 0.343. The first-order chi connectivity index (χ1) is 15.7. The van der Waals surface area contributed by atoms with E-state index in [1.165, 1.54) is 5.56 Å². The second kappa shape index (κ2) is 10.3. The van der Waals surface area contributed by atoms with Crippen molar-refractivity contribution in [1.82, 2.24) is 9.80 Å². The molecular formula is C28H36N2O3. The minimum Gasteiger partial charge on any atom is -0.507 e. The number of likely N-dealkylation sites (tertiary alicyclic amines) is 1. The second-order valence-electron chi connectivity index (χ2n) is 9.16. The second-order valence-corrected chi connectivity index (χ2v) is 9.16. The van der Waals surface area contributed by atoms with Gasteiger partial charge >= 0.3 is 0 Å². The van der Waals surface area contributed by atoms with Crippen molar-refractivity contribution in [1.29, 1.82) is 0 Å². The number of hydrogen-bond donors (Lipinski definition) is 1. The lowest BCUT2D eigenvalue weighted by molar-refractivity contribution is -0.140. The summed E-state index contributed by atoms with van der Waals surface area (Å²) >= 11 is 0. The summed E-state index contributed by atoms with van der Waals surface area (Å²) in [6.45, 7) is 15.1. The zero-order valence-electron chi connectivity index (χ0n) is 20.7. The Morgan fingerprint density at radius 2 is 1.67 bits per heavy atom. The van der Waals surface area contributed by atoms with E-state index in [0.717, 1.165) is 29.8 Å². The number of likely N-dealkylation sites (N-methyl/N-ethyl adjacent to an activating group) is 1. The molecule has 2 aromatic rings. The summed E-state index contributed by atoms with van der Waals surface area (Å²) in [7, 11) is 0. The van der Waals surface area contributed by atoms with Gasteiger partial charge in [0, 0.05) is 18.7 Å². The van der Waals surface area contributed by atoms with E-state index >= 15 is 0 Å². The third kappa shape index (κ3) is 5.03. The lowest BCUT2D eigenvalue weighted by Crippen LogP contribution is -2.38. The van der Waals surface area contributed by atoms with E-state index in [-0.39, 0.29) is 11.3 Å². The third-order valence-corrected chi connectivity index (χ3v) is 6.66. The zero-order chi connectivity index (χ0) is 24.3. The van der Waals surface area contributed by atoms with Crippen LogP contribution >= 0.6 is 0 Å². The Morgan fingerprint density at radius 1 is 1.03 bits per heavy atom. The molecule has 0 aromatic heterocycles. The number of aliphatic hydroxyl groups is 1. The van der Waals surface area contributed by atoms with Gasteiger partial charge in [0.05, 0.1) is 11.6 Å². The molecule has 5 heteroatoms. The molecule has 2 aromatic carbocycles. The fourth-order valence-corrected chi connectivity index (χ4v) is 4.45. The minimum absolute atomic E-state index is 0.0992. The molecule has 3 rings (SSSR count). The van der Waals surface area contributed by atoms with Crippen molar-refractivity contribution in [3.8, 4) is 0 Å². The third-order valence-electron chi connectivity index (χ3n) is 6.66. The lowest BCUT2D eigenvalue weighted by Gasteiger charge is -2.28. The van der Waals surface area contributed by atoms with Gasteiger partial charge in [0.2, 0.25) is 0 Å². The van der Waals surface area contributed by atoms with E-state index in [4.69, 9.17) is 0 Å². The van der Waals surface area contributed by atoms with Crippen molar-refractivity contribution in [2.45, 2.75) is 53.5 Å². The Morgan fingerprint density at radius 3 is 2.24 bits per heavy atom. The first-order valence-electron chi connectivity index (χ1n) is 11.9. The van der Waals surface area contributed by atoms with Crippen LogP contribution in [0.15, 0.2) is 48.0 Å². The van der Waals surface area contributed by atoms with Crippen molar-refractivity contribution in [3.05, 3.63) is 75.9 Å². The van der Waals surface area contributed by atoms with Gasteiger partial charge in [0.15, 0.2) is 0 Å². The van der Waals surface area contributed by atoms with Gasteiger partial charge in [-0.1, -0.05) is 69.7 Å². The summed E-state index contributed by atoms with van der Waals surface area (Å²) in [5, 5.41) is 11.3. The molecule has 1 fully saturated rings. The molecule has 0 saturated carbocycles. The maximum Gasteiger partial charge on any atom is 0.295 e. The Bertz CT molecular complexity index is 1050. The molecule has 1 aliphatic rings. The predicted octanol–water partition coefficient (Wildman–Crippen LogP) is 5.19. The van der Waals surface area contributed by atoms with Crippen molar-refractivity contribution in [3.63, 3.8) is 0 Å². The van der Waals surface area contributed by atoms with Gasteiger partial charge in [-0.25, -0.2) is 0 Å². The van der Waals surface area contributed by atoms with Crippen LogP contribution in [0.2, 0.25) is 0 Å². The van der Waals surface area contributed by atoms with Crippen molar-refractivity contribution in [2.75, 3.05) is 26.2 Å². The largest absolute Gasteiger partial charge is 0.507 e. The molecule has 33 heavy (non-hydrogen) atoms. The molecule has 1 amide bonds. The molecule has 0 radical (unpaired) electrons. The molecule has 1 atom stereocenters. The standard InChI is InChI=1S/C28H36N2O3/c1-7-29(8-2)15-16-30-25(22-13-11-21(12-14-22)18(3)4)24(27(32)28(30)33)26(31)23-17-19(5)9-10-20(23)6/h9-14,17-18,25,31H,7-8,15-16H2,1-6H3. The van der Waals surface area contributed by atoms with Crippen LogP contribution in [0.4, 0.5) is 0 Å². The number of aliphatic hydroxyl groups excluding tert-OH is 1. The SMILES string of the molecule is CCN(CC)CCN1C(=O)C(=O)C(=C(O)c2cc(C)ccc2C)C1c1ccc(C(C)C)cc1. The summed E-state index contributed by atoms with van der Waals surface area (Å²) in [6, 6.07) is 13.2. The normalized spacial score (nSPS) is 18.1. The van der Waals surface area contributed by atoms with Gasteiger partial charge in [-0.2, -0.15) is 0 Å². The highest BCUT2D eigenvalue weighted by atomic mass is 16.3. The van der Waals surface area contributed by atoms with Crippen LogP contribution in [-0.2, 0) is 9.59 Å². The number of ketones is 1. The van der Waals surface area contributed by atoms with Crippen LogP contribution in [0.1, 0.15) is 67.5 Å². The maximum absolute atomic E-state index is 13.2. The summed E-state index contributed by atoms with van der Waals surface area (Å²) in [4.78, 5) is 30.3. The lowest BCUT2D eigenvalue weighted by atomic mass is 9.92. The van der Waals surface area contributed by atoms with Gasteiger partial charge in [0.1, 0.15) is 5.76 Å². The van der Waals surface area contributed by atoms with Crippen LogP contribution in [0.5, 0.6) is 0 Å². The number of nitrogens with zero attached hydrogens (tertiary/aromatic N) is 2. The topological polar surface area (TPSA) is 60.9 Å². The smallest absolute Gasteiger partial charge is 0.295 e. The Balaban J connectivity index is 2.14. The van der Waals surface area contributed by atoms with E-state index in [9.17, 15) is 14.7 Å². The molecule has 1 saturated heterocycles. The van der Waals surface area contributed by atoms with E-state index in [1.54, 1.807) is 4.90 Å². The van der Waals surface area contributed by atoms with Gasteiger partial charge in [0.25, 0.3) is 11.7 Å². The van der Waals surface area contributed by atoms with Gasteiger partial charge in [-0.3, -0.25) is 9.59 Å². The fourth-order valence-electron chi connectivity index (χ4n) is 4.45. The predicted molar refractivity (Wildman–Crippen MR) is 133 cm³/mol. The summed E-state index contributed by atoms with van der Waals surface area (Å²) in [5.74, 6) is -0.890. The number of aryl methyl sites for hydroxylation is 2. The van der Waals surface area contributed by atoms with Crippen LogP contribution in [0, 0.1) is 13.8 Å². The number of Topliss-reactive ketones (excluding diaryl/α,β-unsaturated/α-hetero) is 1. The van der Waals surface area contributed by atoms with Crippen LogP contribution < -0.4 is 0 Å². The summed E-state index contributed by atoms with van der Waals surface area (Å²) in [6.07, 6.45) is 0. The van der Waals surface area contributed by atoms with Gasteiger partial charge in [-0.15, -0.1) is 0 Å². The number of amides is 1. The molecule has 1 N–H and O–H groups in total. The number of carbonyl (C=O) groups is 2. The van der Waals surface area contributed by atoms with Crippen molar-refractivity contribution in [2.24, 2.45) is 0 Å². The first-order valence-corrected chi connectivity index (χ1v) is 11.9. The molecule has 0 aliphatic carbocycles. The molecule has 1 aliphatic heterocycles. The number of rotatable bonds is 8. The molecular weight excluding hydrogens is 412 g/mol. The van der Waals surface area contributed by atoms with Crippen molar-refractivity contribution >= 4 is 17.4 Å². The molecule has 176 valence electrons. The Hall–Kier alpha value is -2.92. The zero-order valence-corrected chi connectivity index (χ0v) is 20.7. The van der Waals surface area contributed by atoms with Gasteiger partial charge in [-0.05, 0) is 55.6 Å². The van der Waals surface area contributed by atoms with E-state index in [2.05, 4.69) is 32.6 Å². The Kier molecular flexibility index (Phi) is 7.75. The van der Waals surface area contributed by atoms with Gasteiger partial charge < -0.3 is 14.9 Å². The van der Waals surface area contributed by atoms with Crippen LogP contribution in [0.3, 0.4) is 0 Å². The monoisotopic (exact) mass is 448 g/mol. The minimum atomic E-state index is -0.620. The highest BCUT2D eigenvalue weighted by Gasteiger charge is 2.46. The number of carbonyl (C=O) groups excluding carboxylic acids is 2. The maximum atomic E-state index is 13.2. The number of benzene rings is 2. The molecule has 0 bridgehead atoms. The average molecular weight is 449 g/mol. The number of hydrogen-bond acceptors (Lipinski definition) is 4. The summed E-state index contributed by atoms with van der Waals surface area (Å²) < 4.78 is 0. The average Bonchev–Trinajstić information content (AvgIpc) is 3.05. The highest BCUT2D eigenvalue weighted by Crippen LogP contribution is 2.40. The molecule has 1 heterocycles. The van der Waals surface area contributed by atoms with E-state index in [1.807, 2.05) is 56.3 Å². The first kappa shape index (κ1) is 24.7. The van der Waals surface area contributed by atoms with E-state index < -0.39 is 17.7 Å². The Labute approximate surface area is 197 Å². The van der Waals surface area contributed by atoms with Crippen LogP contribution in [0.25, 0.3) is 5.76 Å². The van der Waals surface area contributed by atoms with E-state index in [0.29, 0.717) is 24.6 Å². The molecule has 1 unspecified atom stereocenters. The van der Waals surface area contributed by atoms with Crippen molar-refractivity contribution < 1.29 is 14.7 Å². The van der Waals surface area contributed by atoms with Crippen LogP contribution in [-0.4, -0.2) is 52.8 Å².